The molecule has 88 valence electrons. The lowest BCUT2D eigenvalue weighted by atomic mass is 10.1. The molecule has 3 N–H and O–H groups in total. The Labute approximate surface area is 97.8 Å². The highest BCUT2D eigenvalue weighted by Gasteiger charge is 2.09. The first-order chi connectivity index (χ1) is 7.38. The number of nitrogens with two attached hydrogens (primary N) is 1. The Morgan fingerprint density at radius 2 is 1.94 bits per heavy atom. The molecule has 0 amide bonds. The largest absolute Gasteiger partial charge is 0.370 e. The number of aliphatic imine (C=N–C) groups is 1. The molecule has 0 saturated carbocycles. The summed E-state index contributed by atoms with van der Waals surface area (Å²) in [4.78, 5) is 4.32. The molecule has 0 bridgehead atoms. The molecular formula is C13H21N3. The monoisotopic (exact) mass is 219 g/mol. The summed E-state index contributed by atoms with van der Waals surface area (Å²) in [6, 6.07) is 8.20. The Morgan fingerprint density at radius 3 is 2.50 bits per heavy atom. The van der Waals surface area contributed by atoms with Crippen molar-refractivity contribution in [3.8, 4) is 0 Å². The highest BCUT2D eigenvalue weighted by molar-refractivity contribution is 5.78. The highest BCUT2D eigenvalue weighted by Crippen LogP contribution is 2.08. The molecule has 0 aliphatic carbocycles. The maximum absolute atomic E-state index is 5.80. The molecule has 0 radical (unpaired) electrons. The minimum absolute atomic E-state index is 0.0423. The van der Waals surface area contributed by atoms with E-state index in [0.717, 1.165) is 0 Å². The zero-order valence-corrected chi connectivity index (χ0v) is 10.5. The van der Waals surface area contributed by atoms with Crippen LogP contribution in [0.4, 0.5) is 0 Å². The van der Waals surface area contributed by atoms with E-state index in [2.05, 4.69) is 50.1 Å². The standard InChI is InChI=1S/C13H21N3/c1-10-7-5-6-8-11(10)9-15-12(14)16-13(2,3)4/h5-8H,9H2,1-4H3,(H3,14,15,16). The fourth-order valence-corrected chi connectivity index (χ4v) is 1.38. The average Bonchev–Trinajstić information content (AvgIpc) is 2.14. The van der Waals surface area contributed by atoms with Crippen molar-refractivity contribution in [3.05, 3.63) is 35.4 Å². The summed E-state index contributed by atoms with van der Waals surface area (Å²) in [6.07, 6.45) is 0. The highest BCUT2D eigenvalue weighted by atomic mass is 15.1. The maximum atomic E-state index is 5.80. The molecule has 3 heteroatoms. The van der Waals surface area contributed by atoms with Crippen LogP contribution in [-0.2, 0) is 6.54 Å². The van der Waals surface area contributed by atoms with E-state index in [-0.39, 0.29) is 5.54 Å². The summed E-state index contributed by atoms with van der Waals surface area (Å²) >= 11 is 0. The van der Waals surface area contributed by atoms with E-state index < -0.39 is 0 Å². The fourth-order valence-electron chi connectivity index (χ4n) is 1.38. The lowest BCUT2D eigenvalue weighted by Crippen LogP contribution is -2.44. The SMILES string of the molecule is Cc1ccccc1CN=C(N)NC(C)(C)C. The van der Waals surface area contributed by atoms with Gasteiger partial charge in [0, 0.05) is 5.54 Å². The van der Waals surface area contributed by atoms with Crippen molar-refractivity contribution in [1.82, 2.24) is 5.32 Å². The normalized spacial score (nSPS) is 12.6. The third kappa shape index (κ3) is 4.34. The molecule has 0 atom stereocenters. The van der Waals surface area contributed by atoms with E-state index in [9.17, 15) is 0 Å². The minimum atomic E-state index is -0.0423. The van der Waals surface area contributed by atoms with Gasteiger partial charge in [-0.05, 0) is 38.8 Å². The Morgan fingerprint density at radius 1 is 1.31 bits per heavy atom. The second-order valence-corrected chi connectivity index (χ2v) is 5.00. The number of aryl methyl sites for hydroxylation is 1. The zero-order valence-electron chi connectivity index (χ0n) is 10.5. The van der Waals surface area contributed by atoms with Crippen molar-refractivity contribution in [3.63, 3.8) is 0 Å². The van der Waals surface area contributed by atoms with Gasteiger partial charge in [-0.1, -0.05) is 24.3 Å². The van der Waals surface area contributed by atoms with Crippen LogP contribution < -0.4 is 11.1 Å². The van der Waals surface area contributed by atoms with Crippen LogP contribution in [0.15, 0.2) is 29.3 Å². The van der Waals surface area contributed by atoms with E-state index in [1.165, 1.54) is 11.1 Å². The van der Waals surface area contributed by atoms with Gasteiger partial charge >= 0.3 is 0 Å². The summed E-state index contributed by atoms with van der Waals surface area (Å²) in [5.41, 5.74) is 8.21. The fraction of sp³-hybridized carbons (Fsp3) is 0.462. The van der Waals surface area contributed by atoms with E-state index in [0.29, 0.717) is 12.5 Å². The van der Waals surface area contributed by atoms with E-state index >= 15 is 0 Å². The quantitative estimate of drug-likeness (QED) is 0.592. The van der Waals surface area contributed by atoms with Crippen LogP contribution in [-0.4, -0.2) is 11.5 Å². The molecule has 0 aromatic heterocycles. The average molecular weight is 219 g/mol. The Kier molecular flexibility index (Phi) is 3.93. The first kappa shape index (κ1) is 12.6. The first-order valence-corrected chi connectivity index (χ1v) is 5.51. The van der Waals surface area contributed by atoms with Gasteiger partial charge in [-0.3, -0.25) is 0 Å². The van der Waals surface area contributed by atoms with Crippen LogP contribution in [0.1, 0.15) is 31.9 Å². The molecule has 0 aliphatic rings. The lowest BCUT2D eigenvalue weighted by molar-refractivity contribution is 0.508. The molecule has 0 fully saturated rings. The van der Waals surface area contributed by atoms with Gasteiger partial charge in [0.2, 0.25) is 0 Å². The molecule has 1 rings (SSSR count). The van der Waals surface area contributed by atoms with Crippen LogP contribution >= 0.6 is 0 Å². The third-order valence-corrected chi connectivity index (χ3v) is 2.18. The molecule has 0 aliphatic heterocycles. The van der Waals surface area contributed by atoms with Gasteiger partial charge in [0.25, 0.3) is 0 Å². The summed E-state index contributed by atoms with van der Waals surface area (Å²) in [5, 5.41) is 3.14. The molecule has 0 saturated heterocycles. The van der Waals surface area contributed by atoms with Crippen molar-refractivity contribution in [1.29, 1.82) is 0 Å². The molecule has 16 heavy (non-hydrogen) atoms. The van der Waals surface area contributed by atoms with Crippen molar-refractivity contribution >= 4 is 5.96 Å². The van der Waals surface area contributed by atoms with E-state index in [1.807, 2.05) is 12.1 Å². The number of rotatable bonds is 2. The molecular weight excluding hydrogens is 198 g/mol. The number of benzene rings is 1. The number of hydrogen-bond donors (Lipinski definition) is 2. The smallest absolute Gasteiger partial charge is 0.189 e. The number of nitrogens with one attached hydrogen (secondary N) is 1. The van der Waals surface area contributed by atoms with Gasteiger partial charge in [-0.15, -0.1) is 0 Å². The Hall–Kier alpha value is -1.51. The summed E-state index contributed by atoms with van der Waals surface area (Å²) < 4.78 is 0. The maximum Gasteiger partial charge on any atom is 0.189 e. The number of hydrogen-bond acceptors (Lipinski definition) is 1. The molecule has 0 spiro atoms. The van der Waals surface area contributed by atoms with Crippen LogP contribution in [0.3, 0.4) is 0 Å². The second-order valence-electron chi connectivity index (χ2n) is 5.00. The molecule has 1 aromatic carbocycles. The molecule has 0 unspecified atom stereocenters. The third-order valence-electron chi connectivity index (χ3n) is 2.18. The summed E-state index contributed by atoms with van der Waals surface area (Å²) in [5.74, 6) is 0.496. The summed E-state index contributed by atoms with van der Waals surface area (Å²) in [7, 11) is 0. The molecule has 0 heterocycles. The van der Waals surface area contributed by atoms with Crippen LogP contribution in [0.5, 0.6) is 0 Å². The van der Waals surface area contributed by atoms with Crippen molar-refractivity contribution in [2.24, 2.45) is 10.7 Å². The van der Waals surface area contributed by atoms with Gasteiger partial charge in [0.05, 0.1) is 6.54 Å². The lowest BCUT2D eigenvalue weighted by Gasteiger charge is -2.21. The molecule has 1 aromatic rings. The second kappa shape index (κ2) is 5.01. The van der Waals surface area contributed by atoms with Gasteiger partial charge in [0.1, 0.15) is 0 Å². The van der Waals surface area contributed by atoms with Gasteiger partial charge in [-0.25, -0.2) is 4.99 Å². The van der Waals surface area contributed by atoms with Crippen molar-refractivity contribution in [2.45, 2.75) is 39.8 Å². The van der Waals surface area contributed by atoms with Gasteiger partial charge in [-0.2, -0.15) is 0 Å². The minimum Gasteiger partial charge on any atom is -0.370 e. The zero-order chi connectivity index (χ0) is 12.2. The van der Waals surface area contributed by atoms with E-state index in [4.69, 9.17) is 5.73 Å². The predicted octanol–water partition coefficient (Wildman–Crippen LogP) is 2.20. The topological polar surface area (TPSA) is 50.4 Å². The van der Waals surface area contributed by atoms with Crippen LogP contribution in [0.2, 0.25) is 0 Å². The number of nitrogens with zero attached hydrogens (tertiary/aromatic N) is 1. The Bertz CT molecular complexity index is 375. The van der Waals surface area contributed by atoms with Crippen LogP contribution in [0, 0.1) is 6.92 Å². The van der Waals surface area contributed by atoms with Gasteiger partial charge < -0.3 is 11.1 Å². The first-order valence-electron chi connectivity index (χ1n) is 5.51. The predicted molar refractivity (Wildman–Crippen MR) is 69.4 cm³/mol. The summed E-state index contributed by atoms with van der Waals surface area (Å²) in [6.45, 7) is 8.88. The van der Waals surface area contributed by atoms with Crippen molar-refractivity contribution < 1.29 is 0 Å². The number of guanidine groups is 1. The van der Waals surface area contributed by atoms with Gasteiger partial charge in [0.15, 0.2) is 5.96 Å². The Balaban J connectivity index is 2.63. The van der Waals surface area contributed by atoms with E-state index in [1.54, 1.807) is 0 Å². The van der Waals surface area contributed by atoms with Crippen molar-refractivity contribution in [2.75, 3.05) is 0 Å². The molecule has 3 nitrogen and oxygen atoms in total. The van der Waals surface area contributed by atoms with Crippen LogP contribution in [0.25, 0.3) is 0 Å².